The lowest BCUT2D eigenvalue weighted by Crippen LogP contribution is -2.47. The maximum atomic E-state index is 13.0. The third-order valence-corrected chi connectivity index (χ3v) is 6.80. The van der Waals surface area contributed by atoms with E-state index in [4.69, 9.17) is 18.9 Å². The largest absolute Gasteiger partial charge is 0.497 e. The van der Waals surface area contributed by atoms with E-state index >= 15 is 0 Å². The predicted octanol–water partition coefficient (Wildman–Crippen LogP) is 4.29. The summed E-state index contributed by atoms with van der Waals surface area (Å²) in [5.41, 5.74) is -0.523. The van der Waals surface area contributed by atoms with E-state index in [1.54, 1.807) is 19.1 Å². The first-order chi connectivity index (χ1) is 12.7. The molecule has 7 heteroatoms. The van der Waals surface area contributed by atoms with Gasteiger partial charge in [-0.3, -0.25) is 4.90 Å². The second-order valence-electron chi connectivity index (χ2n) is 9.67. The molecule has 1 aromatic rings. The van der Waals surface area contributed by atoms with Crippen LogP contribution in [0.25, 0.3) is 0 Å². The molecule has 1 atom stereocenters. The van der Waals surface area contributed by atoms with Crippen LogP contribution in [0.5, 0.6) is 11.5 Å². The third-order valence-electron chi connectivity index (χ3n) is 4.80. The van der Waals surface area contributed by atoms with Crippen molar-refractivity contribution >= 4 is 19.4 Å². The van der Waals surface area contributed by atoms with Gasteiger partial charge in [-0.1, -0.05) is 19.6 Å². The van der Waals surface area contributed by atoms with Crippen LogP contribution in [0.1, 0.15) is 46.2 Å². The quantitative estimate of drug-likeness (QED) is 0.694. The maximum Gasteiger partial charge on any atom is 0.413 e. The van der Waals surface area contributed by atoms with Gasteiger partial charge < -0.3 is 18.9 Å². The van der Waals surface area contributed by atoms with Crippen LogP contribution in [-0.4, -0.2) is 51.2 Å². The molecule has 1 fully saturated rings. The number of nitrogens with zero attached hydrogens (tertiary/aromatic N) is 1. The highest BCUT2D eigenvalue weighted by Gasteiger charge is 2.47. The molecule has 0 spiro atoms. The number of ether oxygens (including phenoxy) is 4. The van der Waals surface area contributed by atoms with Crippen molar-refractivity contribution < 1.29 is 23.7 Å². The monoisotopic (exact) mass is 409 g/mol. The minimum Gasteiger partial charge on any atom is -0.497 e. The first-order valence-electron chi connectivity index (χ1n) is 9.64. The molecule has 1 aliphatic heterocycles. The molecule has 0 unspecified atom stereocenters. The summed E-state index contributed by atoms with van der Waals surface area (Å²) in [5.74, 6) is 1.56. The van der Waals surface area contributed by atoms with Crippen LogP contribution in [0, 0.1) is 0 Å². The Kier molecular flexibility index (Phi) is 6.12. The van der Waals surface area contributed by atoms with Crippen LogP contribution in [0.4, 0.5) is 4.79 Å². The number of methoxy groups -OCH3 is 2. The number of benzene rings is 1. The smallest absolute Gasteiger partial charge is 0.413 e. The SMILES string of the molecule is COc1cc([Si](C)(C)C)c(OC)cc1[C@@H]1COC(C)(C)N1C(=O)OC(C)(C)C. The van der Waals surface area contributed by atoms with Gasteiger partial charge in [0.15, 0.2) is 0 Å². The minimum absolute atomic E-state index is 0.329. The van der Waals surface area contributed by atoms with Crippen LogP contribution in [0.15, 0.2) is 12.1 Å². The number of carbonyl (C=O) groups is 1. The van der Waals surface area contributed by atoms with E-state index in [2.05, 4.69) is 25.7 Å². The fraction of sp³-hybridized carbons (Fsp3) is 0.667. The average Bonchev–Trinajstić information content (AvgIpc) is 2.86. The van der Waals surface area contributed by atoms with E-state index in [9.17, 15) is 4.79 Å². The third kappa shape index (κ3) is 4.63. The Morgan fingerprint density at radius 3 is 2.18 bits per heavy atom. The lowest BCUT2D eigenvalue weighted by molar-refractivity contribution is -0.0626. The molecule has 28 heavy (non-hydrogen) atoms. The summed E-state index contributed by atoms with van der Waals surface area (Å²) >= 11 is 0. The molecular weight excluding hydrogens is 374 g/mol. The summed E-state index contributed by atoms with van der Waals surface area (Å²) < 4.78 is 23.0. The molecule has 1 saturated heterocycles. The number of carbonyl (C=O) groups excluding carboxylic acids is 1. The molecule has 0 bridgehead atoms. The Balaban J connectivity index is 2.56. The first-order valence-corrected chi connectivity index (χ1v) is 13.1. The normalized spacial score (nSPS) is 19.5. The fourth-order valence-electron chi connectivity index (χ4n) is 3.46. The molecule has 0 saturated carbocycles. The molecule has 0 radical (unpaired) electrons. The lowest BCUT2D eigenvalue weighted by Gasteiger charge is -2.35. The van der Waals surface area contributed by atoms with Crippen molar-refractivity contribution in [3.8, 4) is 11.5 Å². The zero-order valence-electron chi connectivity index (χ0n) is 18.9. The summed E-state index contributed by atoms with van der Waals surface area (Å²) in [6.07, 6.45) is -0.407. The van der Waals surface area contributed by atoms with Crippen LogP contribution >= 0.6 is 0 Å². The highest BCUT2D eigenvalue weighted by molar-refractivity contribution is 6.89. The van der Waals surface area contributed by atoms with E-state index in [0.717, 1.165) is 17.1 Å². The van der Waals surface area contributed by atoms with Gasteiger partial charge in [0.05, 0.1) is 34.9 Å². The van der Waals surface area contributed by atoms with Crippen molar-refractivity contribution in [2.45, 2.75) is 71.6 Å². The summed E-state index contributed by atoms with van der Waals surface area (Å²) in [4.78, 5) is 14.7. The maximum absolute atomic E-state index is 13.0. The van der Waals surface area contributed by atoms with Gasteiger partial charge in [0.25, 0.3) is 0 Å². The van der Waals surface area contributed by atoms with E-state index in [1.165, 1.54) is 5.19 Å². The van der Waals surface area contributed by atoms with Crippen molar-refractivity contribution in [3.63, 3.8) is 0 Å². The van der Waals surface area contributed by atoms with Crippen LogP contribution in [-0.2, 0) is 9.47 Å². The Morgan fingerprint density at radius 1 is 1.14 bits per heavy atom. The van der Waals surface area contributed by atoms with Gasteiger partial charge in [0.2, 0.25) is 0 Å². The van der Waals surface area contributed by atoms with Gasteiger partial charge in [-0.15, -0.1) is 0 Å². The van der Waals surface area contributed by atoms with Crippen molar-refractivity contribution in [2.24, 2.45) is 0 Å². The predicted molar refractivity (Wildman–Crippen MR) is 113 cm³/mol. The second-order valence-corrected chi connectivity index (χ2v) is 14.7. The van der Waals surface area contributed by atoms with E-state index < -0.39 is 25.5 Å². The number of amides is 1. The van der Waals surface area contributed by atoms with E-state index in [-0.39, 0.29) is 6.04 Å². The summed E-state index contributed by atoms with van der Waals surface area (Å²) in [6.45, 7) is 16.5. The highest BCUT2D eigenvalue weighted by Crippen LogP contribution is 2.42. The number of rotatable bonds is 4. The molecule has 158 valence electrons. The number of hydrogen-bond donors (Lipinski definition) is 0. The summed E-state index contributed by atoms with van der Waals surface area (Å²) in [5, 5.41) is 1.18. The van der Waals surface area contributed by atoms with Crippen molar-refractivity contribution in [2.75, 3.05) is 20.8 Å². The average molecular weight is 410 g/mol. The van der Waals surface area contributed by atoms with Gasteiger partial charge in [0.1, 0.15) is 22.8 Å². The molecule has 1 heterocycles. The van der Waals surface area contributed by atoms with Crippen LogP contribution in [0.2, 0.25) is 19.6 Å². The van der Waals surface area contributed by atoms with Gasteiger partial charge in [-0.05, 0) is 51.9 Å². The Morgan fingerprint density at radius 2 is 1.71 bits per heavy atom. The van der Waals surface area contributed by atoms with E-state index in [0.29, 0.717) is 6.61 Å². The molecule has 0 aliphatic carbocycles. The van der Waals surface area contributed by atoms with Gasteiger partial charge >= 0.3 is 6.09 Å². The van der Waals surface area contributed by atoms with Gasteiger partial charge in [0, 0.05) is 5.56 Å². The van der Waals surface area contributed by atoms with Crippen LogP contribution < -0.4 is 14.7 Å². The first kappa shape index (κ1) is 22.6. The highest BCUT2D eigenvalue weighted by atomic mass is 28.3. The number of hydrogen-bond acceptors (Lipinski definition) is 5. The van der Waals surface area contributed by atoms with E-state index in [1.807, 2.05) is 40.7 Å². The topological polar surface area (TPSA) is 57.2 Å². The molecule has 0 aromatic heterocycles. The van der Waals surface area contributed by atoms with Gasteiger partial charge in [-0.25, -0.2) is 4.79 Å². The Bertz CT molecular complexity index is 734. The summed E-state index contributed by atoms with van der Waals surface area (Å²) in [6, 6.07) is 3.71. The Hall–Kier alpha value is -1.73. The standard InChI is InChI=1S/C21H35NO5Si/c1-20(2,3)27-19(23)22-15(13-26-21(22,4)5)14-11-17(25-7)18(28(8,9)10)12-16(14)24-6/h11-12,15H,13H2,1-10H3/t15-/m0/s1. The lowest BCUT2D eigenvalue weighted by atomic mass is 10.0. The molecule has 0 N–H and O–H groups in total. The minimum atomic E-state index is -1.65. The van der Waals surface area contributed by atoms with Crippen molar-refractivity contribution in [1.82, 2.24) is 4.90 Å². The molecular formula is C21H35NO5Si. The molecule has 2 rings (SSSR count). The summed E-state index contributed by atoms with van der Waals surface area (Å²) in [7, 11) is 1.68. The Labute approximate surface area is 170 Å². The van der Waals surface area contributed by atoms with Gasteiger partial charge in [-0.2, -0.15) is 0 Å². The molecule has 6 nitrogen and oxygen atoms in total. The zero-order valence-corrected chi connectivity index (χ0v) is 19.9. The molecule has 1 aromatic carbocycles. The second kappa shape index (κ2) is 7.59. The van der Waals surface area contributed by atoms with Crippen LogP contribution in [0.3, 0.4) is 0 Å². The molecule has 1 aliphatic rings. The fourth-order valence-corrected chi connectivity index (χ4v) is 4.93. The van der Waals surface area contributed by atoms with Crippen molar-refractivity contribution in [3.05, 3.63) is 17.7 Å². The molecule has 1 amide bonds. The van der Waals surface area contributed by atoms with Crippen molar-refractivity contribution in [1.29, 1.82) is 0 Å². The zero-order chi connectivity index (χ0) is 21.5.